The van der Waals surface area contributed by atoms with Gasteiger partial charge in [-0.1, -0.05) is 146 Å². The minimum atomic E-state index is 0.395. The first-order valence-electron chi connectivity index (χ1n) is 19.4. The van der Waals surface area contributed by atoms with Crippen molar-refractivity contribution in [3.63, 3.8) is 0 Å². The molecule has 8 aromatic rings. The summed E-state index contributed by atoms with van der Waals surface area (Å²) < 4.78 is 0. The summed E-state index contributed by atoms with van der Waals surface area (Å²) in [6.07, 6.45) is 4.15. The maximum atomic E-state index is 5.28. The molecule has 0 N–H and O–H groups in total. The Hall–Kier alpha value is -6.52. The SMILES string of the molecule is c1ccc(-c2cccc(-c3cc(-c4ccccc4)nc(-c4cccc(-c5nc(-c6ccccc6)cc(-c6cccc(C78CC9CC(C7)C98)c6)n5)c4)n3)c2)cc1. The fourth-order valence-electron chi connectivity index (χ4n) is 9.83. The molecule has 4 heteroatoms. The molecule has 2 atom stereocenters. The summed E-state index contributed by atoms with van der Waals surface area (Å²) in [6, 6.07) is 61.7. The van der Waals surface area contributed by atoms with E-state index in [1.165, 1.54) is 30.4 Å². The summed E-state index contributed by atoms with van der Waals surface area (Å²) in [6.45, 7) is 0. The van der Waals surface area contributed by atoms with Gasteiger partial charge in [-0.2, -0.15) is 0 Å². The molecule has 3 aliphatic carbocycles. The molecule has 11 rings (SSSR count). The van der Waals surface area contributed by atoms with E-state index in [9.17, 15) is 0 Å². The molecule has 3 saturated carbocycles. The van der Waals surface area contributed by atoms with E-state index in [0.717, 1.165) is 79.5 Å². The van der Waals surface area contributed by atoms with Crippen molar-refractivity contribution in [1.29, 1.82) is 0 Å². The minimum Gasteiger partial charge on any atom is -0.228 e. The van der Waals surface area contributed by atoms with E-state index in [2.05, 4.69) is 158 Å². The van der Waals surface area contributed by atoms with Crippen LogP contribution in [0.2, 0.25) is 0 Å². The fourth-order valence-corrected chi connectivity index (χ4v) is 9.83. The first kappa shape index (κ1) is 32.0. The Balaban J connectivity index is 1.01. The molecule has 55 heavy (non-hydrogen) atoms. The highest BCUT2D eigenvalue weighted by Crippen LogP contribution is 2.77. The van der Waals surface area contributed by atoms with Gasteiger partial charge in [0.25, 0.3) is 0 Å². The summed E-state index contributed by atoms with van der Waals surface area (Å²) in [5.74, 6) is 4.16. The summed E-state index contributed by atoms with van der Waals surface area (Å²) in [5, 5.41) is 0. The molecule has 6 aromatic carbocycles. The average molecular weight is 707 g/mol. The fraction of sp³-hybridized carbons (Fsp3) is 0.137. The van der Waals surface area contributed by atoms with Gasteiger partial charge in [0.1, 0.15) is 0 Å². The summed E-state index contributed by atoms with van der Waals surface area (Å²) in [7, 11) is 0. The predicted octanol–water partition coefficient (Wildman–Crippen LogP) is 12.2. The van der Waals surface area contributed by atoms with Crippen molar-refractivity contribution in [2.45, 2.75) is 24.7 Å². The van der Waals surface area contributed by atoms with Crippen molar-refractivity contribution in [3.8, 4) is 78.9 Å². The molecule has 0 bridgehead atoms. The largest absolute Gasteiger partial charge is 0.228 e. The molecule has 2 unspecified atom stereocenters. The van der Waals surface area contributed by atoms with Gasteiger partial charge < -0.3 is 0 Å². The maximum absolute atomic E-state index is 5.28. The van der Waals surface area contributed by atoms with E-state index in [0.29, 0.717) is 17.1 Å². The Kier molecular flexibility index (Phi) is 7.44. The third kappa shape index (κ3) is 5.51. The molecule has 3 aliphatic rings. The van der Waals surface area contributed by atoms with Crippen LogP contribution in [0.4, 0.5) is 0 Å². The smallest absolute Gasteiger partial charge is 0.160 e. The number of benzene rings is 6. The van der Waals surface area contributed by atoms with Crippen LogP contribution in [0.25, 0.3) is 78.9 Å². The van der Waals surface area contributed by atoms with Gasteiger partial charge in [0.15, 0.2) is 11.6 Å². The molecule has 0 saturated heterocycles. The van der Waals surface area contributed by atoms with E-state index in [-0.39, 0.29) is 0 Å². The molecule has 4 nitrogen and oxygen atoms in total. The third-order valence-electron chi connectivity index (χ3n) is 12.5. The van der Waals surface area contributed by atoms with Gasteiger partial charge in [-0.25, -0.2) is 19.9 Å². The zero-order valence-corrected chi connectivity index (χ0v) is 30.4. The van der Waals surface area contributed by atoms with Crippen molar-refractivity contribution in [3.05, 3.63) is 181 Å². The standard InChI is InChI=1S/C51H38N4/c1-4-13-33(14-5-1)36-19-10-20-37(25-36)46-29-44(34-15-6-2-7-16-34)52-49(54-46)39-22-11-23-40(26-39)50-53-45(35-17-8-3-9-18-35)30-47(55-50)38-21-12-24-43(28-38)51-31-41-27-42(32-51)48(41)51/h1-26,28-30,41-42,48H,27,31-32H2. The van der Waals surface area contributed by atoms with Crippen LogP contribution in [0.3, 0.4) is 0 Å². The Bertz CT molecular complexity index is 2700. The number of rotatable bonds is 8. The molecule has 2 heterocycles. The second-order valence-corrected chi connectivity index (χ2v) is 15.6. The van der Waals surface area contributed by atoms with E-state index < -0.39 is 0 Å². The highest BCUT2D eigenvalue weighted by Gasteiger charge is 2.71. The third-order valence-corrected chi connectivity index (χ3v) is 12.5. The van der Waals surface area contributed by atoms with E-state index in [4.69, 9.17) is 19.9 Å². The second kappa shape index (κ2) is 12.8. The maximum Gasteiger partial charge on any atom is 0.160 e. The molecule has 0 radical (unpaired) electrons. The van der Waals surface area contributed by atoms with Gasteiger partial charge in [-0.3, -0.25) is 0 Å². The molecule has 0 amide bonds. The van der Waals surface area contributed by atoms with Gasteiger partial charge in [-0.15, -0.1) is 0 Å². The van der Waals surface area contributed by atoms with Gasteiger partial charge in [-0.05, 0) is 89.5 Å². The van der Waals surface area contributed by atoms with Gasteiger partial charge >= 0.3 is 0 Å². The Labute approximate surface area is 321 Å². The molecular weight excluding hydrogens is 669 g/mol. The minimum absolute atomic E-state index is 0.395. The topological polar surface area (TPSA) is 51.6 Å². The quantitative estimate of drug-likeness (QED) is 0.158. The van der Waals surface area contributed by atoms with Gasteiger partial charge in [0.05, 0.1) is 22.8 Å². The van der Waals surface area contributed by atoms with E-state index in [1.807, 2.05) is 18.2 Å². The van der Waals surface area contributed by atoms with Gasteiger partial charge in [0, 0.05) is 33.4 Å². The first-order valence-corrected chi connectivity index (χ1v) is 19.4. The van der Waals surface area contributed by atoms with Gasteiger partial charge in [0.2, 0.25) is 0 Å². The van der Waals surface area contributed by atoms with Crippen molar-refractivity contribution in [2.75, 3.05) is 0 Å². The monoisotopic (exact) mass is 706 g/mol. The van der Waals surface area contributed by atoms with Crippen LogP contribution in [-0.4, -0.2) is 19.9 Å². The highest BCUT2D eigenvalue weighted by atomic mass is 14.9. The Morgan fingerprint density at radius 2 is 0.745 bits per heavy atom. The van der Waals surface area contributed by atoms with Crippen molar-refractivity contribution >= 4 is 0 Å². The Morgan fingerprint density at radius 3 is 1.25 bits per heavy atom. The highest BCUT2D eigenvalue weighted by molar-refractivity contribution is 5.78. The number of aromatic nitrogens is 4. The first-order chi connectivity index (χ1) is 27.2. The summed E-state index contributed by atoms with van der Waals surface area (Å²) in [4.78, 5) is 20.8. The van der Waals surface area contributed by atoms with Crippen molar-refractivity contribution in [2.24, 2.45) is 17.8 Å². The lowest BCUT2D eigenvalue weighted by Gasteiger charge is -2.76. The molecular formula is C51H38N4. The summed E-state index contributed by atoms with van der Waals surface area (Å²) >= 11 is 0. The predicted molar refractivity (Wildman–Crippen MR) is 222 cm³/mol. The second-order valence-electron chi connectivity index (χ2n) is 15.6. The number of hydrogen-bond acceptors (Lipinski definition) is 4. The molecule has 2 aromatic heterocycles. The Morgan fingerprint density at radius 1 is 0.345 bits per heavy atom. The van der Waals surface area contributed by atoms with Crippen LogP contribution < -0.4 is 0 Å². The lowest BCUT2D eigenvalue weighted by atomic mass is 9.28. The molecule has 3 fully saturated rings. The van der Waals surface area contributed by atoms with E-state index in [1.54, 1.807) is 0 Å². The average Bonchev–Trinajstić information content (AvgIpc) is 3.27. The van der Waals surface area contributed by atoms with E-state index >= 15 is 0 Å². The lowest BCUT2D eigenvalue weighted by molar-refractivity contribution is -0.219. The number of nitrogens with zero attached hydrogens (tertiary/aromatic N) is 4. The normalized spacial score (nSPS) is 20.4. The van der Waals surface area contributed by atoms with Crippen LogP contribution in [0.5, 0.6) is 0 Å². The zero-order valence-electron chi connectivity index (χ0n) is 30.4. The van der Waals surface area contributed by atoms with Crippen molar-refractivity contribution in [1.82, 2.24) is 19.9 Å². The van der Waals surface area contributed by atoms with Crippen LogP contribution in [0, 0.1) is 17.8 Å². The van der Waals surface area contributed by atoms with Crippen LogP contribution >= 0.6 is 0 Å². The molecule has 0 spiro atoms. The molecule has 262 valence electrons. The molecule has 0 aliphatic heterocycles. The zero-order chi connectivity index (χ0) is 36.3. The van der Waals surface area contributed by atoms with Crippen LogP contribution in [0.15, 0.2) is 176 Å². The van der Waals surface area contributed by atoms with Crippen LogP contribution in [-0.2, 0) is 5.41 Å². The number of hydrogen-bond donors (Lipinski definition) is 0. The lowest BCUT2D eigenvalue weighted by Crippen LogP contribution is -2.71. The summed E-state index contributed by atoms with van der Waals surface area (Å²) in [5.41, 5.74) is 13.9. The van der Waals surface area contributed by atoms with Crippen molar-refractivity contribution < 1.29 is 0 Å². The van der Waals surface area contributed by atoms with Crippen LogP contribution in [0.1, 0.15) is 24.8 Å².